The first-order valence-corrected chi connectivity index (χ1v) is 13.6. The van der Waals surface area contributed by atoms with E-state index in [0.29, 0.717) is 15.3 Å². The highest BCUT2D eigenvalue weighted by Crippen LogP contribution is 2.29. The van der Waals surface area contributed by atoms with Gasteiger partial charge in [0.05, 0.1) is 16.3 Å². The van der Waals surface area contributed by atoms with Crippen LogP contribution in [-0.4, -0.2) is 30.5 Å². The summed E-state index contributed by atoms with van der Waals surface area (Å²) < 4.78 is 9.70. The summed E-state index contributed by atoms with van der Waals surface area (Å²) in [5.74, 6) is 1.39. The maximum absolute atomic E-state index is 13.4. The van der Waals surface area contributed by atoms with E-state index >= 15 is 0 Å². The Balaban J connectivity index is 1.46. The van der Waals surface area contributed by atoms with Crippen LogP contribution >= 0.6 is 11.3 Å². The summed E-state index contributed by atoms with van der Waals surface area (Å²) in [6.07, 6.45) is 3.92. The van der Waals surface area contributed by atoms with Crippen LogP contribution in [0.4, 0.5) is 0 Å². The number of aromatic nitrogens is 5. The molecule has 0 saturated carbocycles. The monoisotopic (exact) mass is 533 g/mol. The molecule has 0 aliphatic heterocycles. The minimum absolute atomic E-state index is 0.0871. The van der Waals surface area contributed by atoms with Crippen molar-refractivity contribution in [1.82, 2.24) is 24.4 Å². The Morgan fingerprint density at radius 3 is 2.36 bits per heavy atom. The summed E-state index contributed by atoms with van der Waals surface area (Å²) in [6, 6.07) is 23.9. The topological polar surface area (TPSA) is 74.3 Å². The number of thiazole rings is 1. The molecule has 0 fully saturated rings. The number of hydrogen-bond acceptors (Lipinski definition) is 6. The van der Waals surface area contributed by atoms with Crippen LogP contribution in [0.15, 0.2) is 83.8 Å². The normalized spacial score (nSPS) is 12.1. The predicted octanol–water partition coefficient (Wildman–Crippen LogP) is 5.62. The molecule has 0 aliphatic carbocycles. The van der Waals surface area contributed by atoms with Gasteiger partial charge in [-0.1, -0.05) is 59.4 Å². The summed E-state index contributed by atoms with van der Waals surface area (Å²) in [5.41, 5.74) is 6.34. The molecule has 7 nitrogen and oxygen atoms in total. The molecule has 194 valence electrons. The minimum atomic E-state index is -0.198. The van der Waals surface area contributed by atoms with Crippen molar-refractivity contribution in [2.45, 2.75) is 33.8 Å². The largest absolute Gasteiger partial charge is 0.491 e. The molecule has 0 bridgehead atoms. The van der Waals surface area contributed by atoms with E-state index in [2.05, 4.69) is 16.1 Å². The number of hydrogen-bond donors (Lipinski definition) is 0. The van der Waals surface area contributed by atoms with Crippen LogP contribution in [0.3, 0.4) is 0 Å². The van der Waals surface area contributed by atoms with E-state index in [0.717, 1.165) is 44.9 Å². The molecule has 3 aromatic heterocycles. The standard InChI is InChI=1S/C31H27N5O2S/c1-19(2)38-26-15-14-23(16-21(26)4)28-24(18-35(33-28)25-8-6-5-7-9-25)17-27-30(37)36-31(39-27)32-29(34-36)22-12-10-20(3)11-13-22/h5-19H,1-4H3. The third-order valence-electron chi connectivity index (χ3n) is 6.35. The first-order chi connectivity index (χ1) is 18.9. The lowest BCUT2D eigenvalue weighted by atomic mass is 10.0. The molecule has 0 spiro atoms. The van der Waals surface area contributed by atoms with Crippen molar-refractivity contribution >= 4 is 22.4 Å². The first kappa shape index (κ1) is 24.8. The third-order valence-corrected chi connectivity index (χ3v) is 7.31. The molecule has 3 aromatic carbocycles. The van der Waals surface area contributed by atoms with Gasteiger partial charge in [0.2, 0.25) is 4.96 Å². The number of rotatable bonds is 6. The van der Waals surface area contributed by atoms with Crippen molar-refractivity contribution in [3.05, 3.63) is 111 Å². The molecule has 0 radical (unpaired) electrons. The Labute approximate surface area is 229 Å². The fourth-order valence-electron chi connectivity index (χ4n) is 4.41. The number of nitrogens with zero attached hydrogens (tertiary/aromatic N) is 5. The van der Waals surface area contributed by atoms with Gasteiger partial charge in [-0.25, -0.2) is 4.68 Å². The summed E-state index contributed by atoms with van der Waals surface area (Å²) in [7, 11) is 0. The van der Waals surface area contributed by atoms with Crippen molar-refractivity contribution in [3.8, 4) is 34.1 Å². The Morgan fingerprint density at radius 2 is 1.67 bits per heavy atom. The van der Waals surface area contributed by atoms with Gasteiger partial charge in [-0.2, -0.15) is 14.6 Å². The number of para-hydroxylation sites is 1. The SMILES string of the molecule is Cc1ccc(-c2nc3sc(=Cc4cn(-c5ccccc5)nc4-c4ccc(OC(C)C)c(C)c4)c(=O)n3n2)cc1. The number of fused-ring (bicyclic) bond motifs is 1. The molecule has 8 heteroatoms. The zero-order chi connectivity index (χ0) is 27.1. The van der Waals surface area contributed by atoms with Crippen LogP contribution in [0.1, 0.15) is 30.5 Å². The van der Waals surface area contributed by atoms with Crippen molar-refractivity contribution in [2.24, 2.45) is 0 Å². The highest BCUT2D eigenvalue weighted by atomic mass is 32.1. The smallest absolute Gasteiger partial charge is 0.291 e. The Hall–Kier alpha value is -4.56. The van der Waals surface area contributed by atoms with E-state index in [9.17, 15) is 4.79 Å². The van der Waals surface area contributed by atoms with E-state index in [4.69, 9.17) is 9.84 Å². The second kappa shape index (κ2) is 9.96. The van der Waals surface area contributed by atoms with Crippen LogP contribution < -0.4 is 14.8 Å². The molecule has 39 heavy (non-hydrogen) atoms. The number of benzene rings is 3. The highest BCUT2D eigenvalue weighted by molar-refractivity contribution is 7.15. The van der Waals surface area contributed by atoms with E-state index in [1.807, 2.05) is 111 Å². The maximum Gasteiger partial charge on any atom is 0.291 e. The zero-order valence-electron chi connectivity index (χ0n) is 22.1. The molecular weight excluding hydrogens is 506 g/mol. The molecule has 0 saturated heterocycles. The summed E-state index contributed by atoms with van der Waals surface area (Å²) in [4.78, 5) is 18.5. The van der Waals surface area contributed by atoms with E-state index < -0.39 is 0 Å². The highest BCUT2D eigenvalue weighted by Gasteiger charge is 2.16. The van der Waals surface area contributed by atoms with Crippen molar-refractivity contribution in [1.29, 1.82) is 0 Å². The predicted molar refractivity (Wildman–Crippen MR) is 156 cm³/mol. The van der Waals surface area contributed by atoms with Gasteiger partial charge in [0.15, 0.2) is 5.82 Å². The minimum Gasteiger partial charge on any atom is -0.491 e. The second-order valence-electron chi connectivity index (χ2n) is 9.77. The average Bonchev–Trinajstić information content (AvgIpc) is 3.61. The molecule has 0 N–H and O–H groups in total. The van der Waals surface area contributed by atoms with Crippen LogP contribution in [0.25, 0.3) is 39.4 Å². The lowest BCUT2D eigenvalue weighted by Crippen LogP contribution is -2.23. The molecule has 0 aliphatic rings. The molecular formula is C31H27N5O2S. The van der Waals surface area contributed by atoms with Gasteiger partial charge < -0.3 is 4.74 Å². The van der Waals surface area contributed by atoms with E-state index in [1.165, 1.54) is 15.9 Å². The summed E-state index contributed by atoms with van der Waals surface area (Å²) in [5, 5.41) is 9.42. The van der Waals surface area contributed by atoms with Gasteiger partial charge in [0.1, 0.15) is 11.4 Å². The van der Waals surface area contributed by atoms with Gasteiger partial charge >= 0.3 is 0 Å². The van der Waals surface area contributed by atoms with Gasteiger partial charge in [-0.3, -0.25) is 4.79 Å². The van der Waals surface area contributed by atoms with Crippen molar-refractivity contribution in [2.75, 3.05) is 0 Å². The van der Waals surface area contributed by atoms with Crippen molar-refractivity contribution in [3.63, 3.8) is 0 Å². The molecule has 0 amide bonds. The first-order valence-electron chi connectivity index (χ1n) is 12.8. The van der Waals surface area contributed by atoms with Gasteiger partial charge in [0.25, 0.3) is 5.56 Å². The average molecular weight is 534 g/mol. The molecule has 3 heterocycles. The molecule has 0 atom stereocenters. The quantitative estimate of drug-likeness (QED) is 0.278. The van der Waals surface area contributed by atoms with Gasteiger partial charge in [-0.05, 0) is 69.7 Å². The number of aryl methyl sites for hydroxylation is 2. The van der Waals surface area contributed by atoms with Gasteiger partial charge in [-0.15, -0.1) is 5.10 Å². The Morgan fingerprint density at radius 1 is 0.923 bits per heavy atom. The van der Waals surface area contributed by atoms with E-state index in [1.54, 1.807) is 0 Å². The Kier molecular flexibility index (Phi) is 6.32. The van der Waals surface area contributed by atoms with E-state index in [-0.39, 0.29) is 11.7 Å². The van der Waals surface area contributed by atoms with Crippen LogP contribution in [-0.2, 0) is 0 Å². The number of ether oxygens (including phenoxy) is 1. The maximum atomic E-state index is 13.4. The van der Waals surface area contributed by atoms with Gasteiger partial charge in [0, 0.05) is 22.9 Å². The summed E-state index contributed by atoms with van der Waals surface area (Å²) in [6.45, 7) is 8.09. The summed E-state index contributed by atoms with van der Waals surface area (Å²) >= 11 is 1.32. The van der Waals surface area contributed by atoms with Crippen LogP contribution in [0.5, 0.6) is 5.75 Å². The zero-order valence-corrected chi connectivity index (χ0v) is 22.9. The molecule has 6 rings (SSSR count). The Bertz CT molecular complexity index is 1900. The molecule has 6 aromatic rings. The fourth-order valence-corrected chi connectivity index (χ4v) is 5.31. The lowest BCUT2D eigenvalue weighted by molar-refractivity contribution is 0.241. The van der Waals surface area contributed by atoms with Crippen LogP contribution in [0, 0.1) is 13.8 Å². The van der Waals surface area contributed by atoms with Crippen LogP contribution in [0.2, 0.25) is 0 Å². The fraction of sp³-hybridized carbons (Fsp3) is 0.161. The van der Waals surface area contributed by atoms with Crippen molar-refractivity contribution < 1.29 is 4.74 Å². The second-order valence-corrected chi connectivity index (χ2v) is 10.8. The third kappa shape index (κ3) is 4.86. The lowest BCUT2D eigenvalue weighted by Gasteiger charge is -2.13. The molecule has 0 unspecified atom stereocenters.